The van der Waals surface area contributed by atoms with Crippen LogP contribution in [0.25, 0.3) is 0 Å². The summed E-state index contributed by atoms with van der Waals surface area (Å²) in [6, 6.07) is 7.83. The molecule has 2 rings (SSSR count). The van der Waals surface area contributed by atoms with E-state index < -0.39 is 0 Å². The SMILES string of the molecule is Clc1cccc(Cn2ccnc2)c1.[LiH]. The molecule has 0 aliphatic carbocycles. The maximum atomic E-state index is 5.86. The second-order valence-electron chi connectivity index (χ2n) is 2.86. The molecule has 0 fully saturated rings. The third-order valence-corrected chi connectivity index (χ3v) is 2.05. The molecule has 0 unspecified atom stereocenters. The van der Waals surface area contributed by atoms with E-state index >= 15 is 0 Å². The molecule has 14 heavy (non-hydrogen) atoms. The zero-order valence-corrected chi connectivity index (χ0v) is 7.78. The number of imidazole rings is 1. The van der Waals surface area contributed by atoms with Gasteiger partial charge in [0, 0.05) is 24.0 Å². The molecule has 1 aromatic heterocycles. The first kappa shape index (κ1) is 11.4. The number of benzene rings is 1. The Kier molecular flexibility index (Phi) is 4.28. The summed E-state index contributed by atoms with van der Waals surface area (Å²) in [4.78, 5) is 3.97. The van der Waals surface area contributed by atoms with E-state index in [0.29, 0.717) is 0 Å². The van der Waals surface area contributed by atoms with E-state index in [4.69, 9.17) is 11.6 Å². The van der Waals surface area contributed by atoms with Crippen molar-refractivity contribution in [3.8, 4) is 0 Å². The Bertz CT molecular complexity index is 387. The molecule has 0 spiro atoms. The Hall–Kier alpha value is -0.683. The van der Waals surface area contributed by atoms with Gasteiger partial charge in [-0.1, -0.05) is 23.7 Å². The Morgan fingerprint density at radius 3 is 2.86 bits per heavy atom. The Balaban J connectivity index is 0.000000980. The van der Waals surface area contributed by atoms with Crippen LogP contribution in [0.1, 0.15) is 5.56 Å². The van der Waals surface area contributed by atoms with Gasteiger partial charge in [0.15, 0.2) is 0 Å². The summed E-state index contributed by atoms with van der Waals surface area (Å²) in [5.41, 5.74) is 1.19. The van der Waals surface area contributed by atoms with Gasteiger partial charge in [0.1, 0.15) is 0 Å². The summed E-state index contributed by atoms with van der Waals surface area (Å²) in [6.07, 6.45) is 5.49. The summed E-state index contributed by atoms with van der Waals surface area (Å²) in [5.74, 6) is 0. The number of nitrogens with zero attached hydrogens (tertiary/aromatic N) is 2. The molecule has 1 heterocycles. The first-order chi connectivity index (χ1) is 6.34. The normalized spacial score (nSPS) is 9.50. The zero-order chi connectivity index (χ0) is 9.10. The fourth-order valence-electron chi connectivity index (χ4n) is 1.23. The molecule has 0 aliphatic heterocycles. The van der Waals surface area contributed by atoms with Crippen molar-refractivity contribution >= 4 is 30.5 Å². The summed E-state index contributed by atoms with van der Waals surface area (Å²) in [7, 11) is 0. The van der Waals surface area contributed by atoms with Crippen molar-refractivity contribution in [2.45, 2.75) is 6.54 Å². The first-order valence-electron chi connectivity index (χ1n) is 4.05. The molecule has 2 aromatic rings. The summed E-state index contributed by atoms with van der Waals surface area (Å²) in [6.45, 7) is 0.820. The van der Waals surface area contributed by atoms with Gasteiger partial charge in [-0.05, 0) is 17.7 Å². The van der Waals surface area contributed by atoms with Gasteiger partial charge in [0.05, 0.1) is 6.33 Å². The van der Waals surface area contributed by atoms with E-state index in [1.165, 1.54) is 5.56 Å². The van der Waals surface area contributed by atoms with Gasteiger partial charge in [-0.25, -0.2) is 4.98 Å². The summed E-state index contributed by atoms with van der Waals surface area (Å²) >= 11 is 5.86. The van der Waals surface area contributed by atoms with E-state index in [2.05, 4.69) is 4.98 Å². The molecule has 68 valence electrons. The predicted molar refractivity (Wildman–Crippen MR) is 59.9 cm³/mol. The molecular formula is C10H10ClLiN2. The number of aromatic nitrogens is 2. The van der Waals surface area contributed by atoms with Crippen molar-refractivity contribution < 1.29 is 0 Å². The third kappa shape index (κ3) is 2.92. The molecule has 0 radical (unpaired) electrons. The monoisotopic (exact) mass is 200 g/mol. The van der Waals surface area contributed by atoms with Crippen LogP contribution in [0.5, 0.6) is 0 Å². The van der Waals surface area contributed by atoms with Crippen molar-refractivity contribution in [1.29, 1.82) is 0 Å². The summed E-state index contributed by atoms with van der Waals surface area (Å²) < 4.78 is 2.01. The second-order valence-corrected chi connectivity index (χ2v) is 3.30. The van der Waals surface area contributed by atoms with Crippen LogP contribution in [-0.4, -0.2) is 28.4 Å². The van der Waals surface area contributed by atoms with Gasteiger partial charge in [0.25, 0.3) is 0 Å². The number of hydrogen-bond acceptors (Lipinski definition) is 1. The predicted octanol–water partition coefficient (Wildman–Crippen LogP) is 1.94. The van der Waals surface area contributed by atoms with Crippen LogP contribution in [0.15, 0.2) is 43.0 Å². The van der Waals surface area contributed by atoms with Gasteiger partial charge >= 0.3 is 18.9 Å². The van der Waals surface area contributed by atoms with Crippen LogP contribution in [0, 0.1) is 0 Å². The van der Waals surface area contributed by atoms with Crippen LogP contribution in [-0.2, 0) is 6.54 Å². The Morgan fingerprint density at radius 2 is 2.21 bits per heavy atom. The van der Waals surface area contributed by atoms with Crippen molar-refractivity contribution in [2.24, 2.45) is 0 Å². The van der Waals surface area contributed by atoms with Crippen molar-refractivity contribution in [1.82, 2.24) is 9.55 Å². The van der Waals surface area contributed by atoms with Gasteiger partial charge in [0.2, 0.25) is 0 Å². The van der Waals surface area contributed by atoms with E-state index in [1.807, 2.05) is 35.0 Å². The van der Waals surface area contributed by atoms with Crippen LogP contribution >= 0.6 is 11.6 Å². The van der Waals surface area contributed by atoms with E-state index in [0.717, 1.165) is 11.6 Å². The van der Waals surface area contributed by atoms with Crippen LogP contribution < -0.4 is 0 Å². The van der Waals surface area contributed by atoms with Gasteiger partial charge in [-0.3, -0.25) is 0 Å². The van der Waals surface area contributed by atoms with E-state index in [9.17, 15) is 0 Å². The molecule has 0 saturated heterocycles. The maximum absolute atomic E-state index is 5.86. The Labute approximate surface area is 100 Å². The minimum atomic E-state index is 0. The van der Waals surface area contributed by atoms with Crippen molar-refractivity contribution in [2.75, 3.05) is 0 Å². The minimum absolute atomic E-state index is 0. The second kappa shape index (κ2) is 5.26. The first-order valence-corrected chi connectivity index (χ1v) is 4.42. The molecule has 0 aliphatic rings. The molecule has 0 saturated carbocycles. The number of rotatable bonds is 2. The van der Waals surface area contributed by atoms with Crippen LogP contribution in [0.4, 0.5) is 0 Å². The van der Waals surface area contributed by atoms with Gasteiger partial charge < -0.3 is 4.57 Å². The number of halogens is 1. The van der Waals surface area contributed by atoms with Crippen molar-refractivity contribution in [3.05, 3.63) is 53.6 Å². The van der Waals surface area contributed by atoms with E-state index in [1.54, 1.807) is 12.5 Å². The number of hydrogen-bond donors (Lipinski definition) is 0. The fraction of sp³-hybridized carbons (Fsp3) is 0.100. The zero-order valence-electron chi connectivity index (χ0n) is 7.02. The van der Waals surface area contributed by atoms with Crippen LogP contribution in [0.3, 0.4) is 0 Å². The van der Waals surface area contributed by atoms with Gasteiger partial charge in [-0.2, -0.15) is 0 Å². The van der Waals surface area contributed by atoms with Crippen LogP contribution in [0.2, 0.25) is 5.02 Å². The average molecular weight is 201 g/mol. The standard InChI is InChI=1S/C10H9ClN2.Li.H/c11-10-3-1-2-9(6-10)7-13-5-4-12-8-13;;/h1-6,8H,7H2;;. The third-order valence-electron chi connectivity index (χ3n) is 1.81. The van der Waals surface area contributed by atoms with Gasteiger partial charge in [-0.15, -0.1) is 0 Å². The molecular weight excluding hydrogens is 191 g/mol. The molecule has 0 bridgehead atoms. The molecule has 1 aromatic carbocycles. The van der Waals surface area contributed by atoms with E-state index in [-0.39, 0.29) is 18.9 Å². The average Bonchev–Trinajstić information content (AvgIpc) is 2.57. The molecule has 0 N–H and O–H groups in total. The summed E-state index contributed by atoms with van der Waals surface area (Å²) in [5, 5.41) is 0.776. The quantitative estimate of drug-likeness (QED) is 0.678. The Morgan fingerprint density at radius 1 is 1.36 bits per heavy atom. The molecule has 2 nitrogen and oxygen atoms in total. The molecule has 0 amide bonds. The molecule has 4 heteroatoms. The topological polar surface area (TPSA) is 17.8 Å². The fourth-order valence-corrected chi connectivity index (χ4v) is 1.44. The molecule has 0 atom stereocenters. The van der Waals surface area contributed by atoms with Crippen molar-refractivity contribution in [3.63, 3.8) is 0 Å².